The van der Waals surface area contributed by atoms with Gasteiger partial charge in [-0.1, -0.05) is 72.8 Å². The molecule has 0 spiro atoms. The van der Waals surface area contributed by atoms with Crippen LogP contribution in [0.5, 0.6) is 0 Å². The van der Waals surface area contributed by atoms with Crippen LogP contribution in [0.3, 0.4) is 0 Å². The quantitative estimate of drug-likeness (QED) is 0.717. The van der Waals surface area contributed by atoms with E-state index < -0.39 is 9.84 Å². The van der Waals surface area contributed by atoms with E-state index in [1.165, 1.54) is 6.26 Å². The molecule has 0 fully saturated rings. The zero-order chi connectivity index (χ0) is 15.6. The normalized spacial score (nSPS) is 11.3. The molecule has 0 heterocycles. The number of hydrogen-bond donors (Lipinski definition) is 0. The fraction of sp³-hybridized carbons (Fsp3) is 0.0526. The van der Waals surface area contributed by atoms with Crippen LogP contribution in [-0.4, -0.2) is 14.7 Å². The molecule has 110 valence electrons. The maximum atomic E-state index is 11.9. The second-order valence-corrected chi connectivity index (χ2v) is 7.20. The molecule has 3 aromatic carbocycles. The highest BCUT2D eigenvalue weighted by Crippen LogP contribution is 2.29. The van der Waals surface area contributed by atoms with Gasteiger partial charge in [0.25, 0.3) is 0 Å². The van der Waals surface area contributed by atoms with Crippen LogP contribution in [-0.2, 0) is 9.84 Å². The molecule has 0 unspecified atom stereocenters. The molecular weight excluding hydrogens is 292 g/mol. The van der Waals surface area contributed by atoms with E-state index in [2.05, 4.69) is 12.1 Å². The van der Waals surface area contributed by atoms with Crippen LogP contribution < -0.4 is 0 Å². The maximum Gasteiger partial charge on any atom is 0.176 e. The van der Waals surface area contributed by atoms with Gasteiger partial charge in [-0.05, 0) is 22.8 Å². The number of sulfone groups is 1. The molecule has 0 aliphatic carbocycles. The van der Waals surface area contributed by atoms with Gasteiger partial charge < -0.3 is 0 Å². The predicted molar refractivity (Wildman–Crippen MR) is 90.4 cm³/mol. The van der Waals surface area contributed by atoms with Crippen LogP contribution in [0.1, 0.15) is 0 Å². The van der Waals surface area contributed by atoms with Crippen molar-refractivity contribution in [1.82, 2.24) is 0 Å². The van der Waals surface area contributed by atoms with Crippen LogP contribution in [0.2, 0.25) is 0 Å². The van der Waals surface area contributed by atoms with Crippen LogP contribution in [0.15, 0.2) is 83.8 Å². The number of rotatable bonds is 3. The Bertz CT molecular complexity index is 880. The summed E-state index contributed by atoms with van der Waals surface area (Å²) in [7, 11) is -3.24. The lowest BCUT2D eigenvalue weighted by atomic mass is 10.0. The lowest BCUT2D eigenvalue weighted by Crippen LogP contribution is -1.99. The first-order chi connectivity index (χ1) is 10.6. The van der Waals surface area contributed by atoms with Gasteiger partial charge >= 0.3 is 0 Å². The molecule has 0 N–H and O–H groups in total. The van der Waals surface area contributed by atoms with Gasteiger partial charge in [0, 0.05) is 11.8 Å². The Labute approximate surface area is 131 Å². The minimum atomic E-state index is -3.24. The summed E-state index contributed by atoms with van der Waals surface area (Å²) < 4.78 is 23.8. The second-order valence-electron chi connectivity index (χ2n) is 5.21. The Morgan fingerprint density at radius 1 is 0.591 bits per heavy atom. The summed E-state index contributed by atoms with van der Waals surface area (Å²) in [4.78, 5) is 0.363. The Morgan fingerprint density at radius 2 is 1.09 bits per heavy atom. The van der Waals surface area contributed by atoms with E-state index in [4.69, 9.17) is 0 Å². The standard InChI is InChI=1S/C19H16O2S/c1-22(20,21)19-10-6-5-9-18(19)17-13-11-16(12-14-17)15-7-3-2-4-8-15/h2-14H,1H3. The van der Waals surface area contributed by atoms with E-state index in [0.29, 0.717) is 4.90 Å². The first-order valence-electron chi connectivity index (χ1n) is 7.01. The Balaban J connectivity index is 2.05. The lowest BCUT2D eigenvalue weighted by Gasteiger charge is -2.09. The molecule has 0 aliphatic heterocycles. The molecular formula is C19H16O2S. The van der Waals surface area contributed by atoms with Crippen molar-refractivity contribution < 1.29 is 8.42 Å². The molecule has 0 bridgehead atoms. The van der Waals surface area contributed by atoms with Crippen molar-refractivity contribution in [3.63, 3.8) is 0 Å². The van der Waals surface area contributed by atoms with Crippen LogP contribution in [0, 0.1) is 0 Å². The highest BCUT2D eigenvalue weighted by molar-refractivity contribution is 7.90. The maximum absolute atomic E-state index is 11.9. The van der Waals surface area contributed by atoms with Gasteiger partial charge in [0.15, 0.2) is 9.84 Å². The Morgan fingerprint density at radius 3 is 1.73 bits per heavy atom. The minimum Gasteiger partial charge on any atom is -0.224 e. The minimum absolute atomic E-state index is 0.363. The number of benzene rings is 3. The smallest absolute Gasteiger partial charge is 0.176 e. The molecule has 2 nitrogen and oxygen atoms in total. The van der Waals surface area contributed by atoms with Crippen molar-refractivity contribution in [2.45, 2.75) is 4.90 Å². The van der Waals surface area contributed by atoms with Gasteiger partial charge in [0.05, 0.1) is 4.90 Å². The molecule has 0 aromatic heterocycles. The summed E-state index contributed by atoms with van der Waals surface area (Å²) in [6.45, 7) is 0. The zero-order valence-electron chi connectivity index (χ0n) is 12.2. The molecule has 0 aliphatic rings. The monoisotopic (exact) mass is 308 g/mol. The van der Waals surface area contributed by atoms with Crippen molar-refractivity contribution in [3.05, 3.63) is 78.9 Å². The van der Waals surface area contributed by atoms with E-state index in [1.807, 2.05) is 54.6 Å². The highest BCUT2D eigenvalue weighted by atomic mass is 32.2. The molecule has 3 rings (SSSR count). The van der Waals surface area contributed by atoms with Gasteiger partial charge in [-0.15, -0.1) is 0 Å². The van der Waals surface area contributed by atoms with Crippen molar-refractivity contribution in [2.75, 3.05) is 6.26 Å². The van der Waals surface area contributed by atoms with Crippen LogP contribution >= 0.6 is 0 Å². The largest absolute Gasteiger partial charge is 0.224 e. The summed E-state index contributed by atoms with van der Waals surface area (Å²) in [5.41, 5.74) is 3.90. The molecule has 0 saturated carbocycles. The van der Waals surface area contributed by atoms with Crippen molar-refractivity contribution >= 4 is 9.84 Å². The van der Waals surface area contributed by atoms with Gasteiger partial charge in [-0.25, -0.2) is 8.42 Å². The highest BCUT2D eigenvalue weighted by Gasteiger charge is 2.13. The third-order valence-corrected chi connectivity index (χ3v) is 4.74. The predicted octanol–water partition coefficient (Wildman–Crippen LogP) is 4.42. The van der Waals surface area contributed by atoms with Gasteiger partial charge in [0.2, 0.25) is 0 Å². The summed E-state index contributed by atoms with van der Waals surface area (Å²) >= 11 is 0. The van der Waals surface area contributed by atoms with E-state index in [9.17, 15) is 8.42 Å². The summed E-state index contributed by atoms with van der Waals surface area (Å²) in [6, 6.07) is 25.2. The van der Waals surface area contributed by atoms with E-state index >= 15 is 0 Å². The third kappa shape index (κ3) is 2.95. The van der Waals surface area contributed by atoms with Gasteiger partial charge in [0.1, 0.15) is 0 Å². The topological polar surface area (TPSA) is 34.1 Å². The van der Waals surface area contributed by atoms with Crippen LogP contribution in [0.25, 0.3) is 22.3 Å². The SMILES string of the molecule is CS(=O)(=O)c1ccccc1-c1ccc(-c2ccccc2)cc1. The van der Waals surface area contributed by atoms with Crippen molar-refractivity contribution in [1.29, 1.82) is 0 Å². The second kappa shape index (κ2) is 5.78. The Hall–Kier alpha value is -2.39. The molecule has 3 aromatic rings. The first kappa shape index (κ1) is 14.5. The number of hydrogen-bond acceptors (Lipinski definition) is 2. The molecule has 22 heavy (non-hydrogen) atoms. The molecule has 0 atom stereocenters. The molecule has 0 saturated heterocycles. The van der Waals surface area contributed by atoms with Gasteiger partial charge in [-0.2, -0.15) is 0 Å². The fourth-order valence-electron chi connectivity index (χ4n) is 2.50. The van der Waals surface area contributed by atoms with E-state index in [1.54, 1.807) is 12.1 Å². The first-order valence-corrected chi connectivity index (χ1v) is 8.90. The van der Waals surface area contributed by atoms with E-state index in [0.717, 1.165) is 22.3 Å². The van der Waals surface area contributed by atoms with Crippen LogP contribution in [0.4, 0.5) is 0 Å². The van der Waals surface area contributed by atoms with Gasteiger partial charge in [-0.3, -0.25) is 0 Å². The average molecular weight is 308 g/mol. The van der Waals surface area contributed by atoms with E-state index in [-0.39, 0.29) is 0 Å². The van der Waals surface area contributed by atoms with Crippen molar-refractivity contribution in [3.8, 4) is 22.3 Å². The zero-order valence-corrected chi connectivity index (χ0v) is 13.0. The van der Waals surface area contributed by atoms with Crippen molar-refractivity contribution in [2.24, 2.45) is 0 Å². The summed E-state index contributed by atoms with van der Waals surface area (Å²) in [5, 5.41) is 0. The summed E-state index contributed by atoms with van der Waals surface area (Å²) in [5.74, 6) is 0. The average Bonchev–Trinajstić information content (AvgIpc) is 2.55. The third-order valence-electron chi connectivity index (χ3n) is 3.59. The fourth-order valence-corrected chi connectivity index (χ4v) is 3.41. The molecule has 0 amide bonds. The molecule has 3 heteroatoms. The molecule has 0 radical (unpaired) electrons. The lowest BCUT2D eigenvalue weighted by molar-refractivity contribution is 0.602. The summed E-state index contributed by atoms with van der Waals surface area (Å²) in [6.07, 6.45) is 1.24. The Kier molecular flexibility index (Phi) is 3.82.